The van der Waals surface area contributed by atoms with Crippen molar-refractivity contribution in [2.75, 3.05) is 12.1 Å². The molecule has 0 aliphatic carbocycles. The Kier molecular flexibility index (Phi) is 3.24. The van der Waals surface area contributed by atoms with E-state index in [4.69, 9.17) is 16.0 Å². The van der Waals surface area contributed by atoms with Gasteiger partial charge in [0.25, 0.3) is 0 Å². The van der Waals surface area contributed by atoms with Crippen LogP contribution in [0.1, 0.15) is 0 Å². The minimum atomic E-state index is 0.769. The number of hydrogen-bond donors (Lipinski definition) is 3. The van der Waals surface area contributed by atoms with Crippen molar-refractivity contribution in [1.29, 1.82) is 5.41 Å². The maximum absolute atomic E-state index is 7.02. The lowest BCUT2D eigenvalue weighted by Gasteiger charge is -2.16. The molecule has 0 saturated carbocycles. The van der Waals surface area contributed by atoms with Gasteiger partial charge in [0.1, 0.15) is 12.1 Å². The number of hydrogen-bond acceptors (Lipinski definition) is 4. The number of nitrogens with two attached hydrogens (primary N) is 1. The first-order valence-corrected chi connectivity index (χ1v) is 3.72. The Balaban J connectivity index is 2.83. The van der Waals surface area contributed by atoms with Crippen molar-refractivity contribution < 1.29 is 4.74 Å². The number of hydrazine groups is 2. The lowest BCUT2D eigenvalue weighted by atomic mass is 10.3. The summed E-state index contributed by atoms with van der Waals surface area (Å²) < 4.78 is 4.99. The quantitative estimate of drug-likeness (QED) is 0.273. The summed E-state index contributed by atoms with van der Waals surface area (Å²) in [6.45, 7) is 0. The molecule has 0 radical (unpaired) electrons. The standard InChI is InChI=1S/C8H12N4O/c1-13-8-4-2-7(3-5-8)12(6-9)11-10/h2-6,9,11H,10H2,1H3. The molecular weight excluding hydrogens is 168 g/mol. The molecule has 0 aliphatic heterocycles. The Morgan fingerprint density at radius 2 is 2.08 bits per heavy atom. The molecule has 0 spiro atoms. The van der Waals surface area contributed by atoms with Crippen molar-refractivity contribution in [3.8, 4) is 5.75 Å². The van der Waals surface area contributed by atoms with Gasteiger partial charge in [0, 0.05) is 0 Å². The summed E-state index contributed by atoms with van der Waals surface area (Å²) in [4.78, 5) is 0. The first-order chi connectivity index (χ1) is 6.31. The molecule has 5 nitrogen and oxygen atoms in total. The van der Waals surface area contributed by atoms with Gasteiger partial charge in [0.15, 0.2) is 0 Å². The van der Waals surface area contributed by atoms with Crippen molar-refractivity contribution in [2.45, 2.75) is 0 Å². The normalized spacial score (nSPS) is 9.38. The van der Waals surface area contributed by atoms with E-state index in [0.717, 1.165) is 17.8 Å². The molecule has 1 aromatic carbocycles. The Labute approximate surface area is 76.6 Å². The number of anilines is 1. The fourth-order valence-corrected chi connectivity index (χ4v) is 0.929. The highest BCUT2D eigenvalue weighted by molar-refractivity contribution is 5.75. The largest absolute Gasteiger partial charge is 0.497 e. The van der Waals surface area contributed by atoms with E-state index in [1.54, 1.807) is 31.4 Å². The van der Waals surface area contributed by atoms with Crippen LogP contribution >= 0.6 is 0 Å². The molecule has 70 valence electrons. The molecule has 0 unspecified atom stereocenters. The van der Waals surface area contributed by atoms with Gasteiger partial charge >= 0.3 is 0 Å². The van der Waals surface area contributed by atoms with Crippen LogP contribution < -0.4 is 21.1 Å². The number of benzene rings is 1. The Hall–Kier alpha value is -1.59. The Morgan fingerprint density at radius 3 is 2.46 bits per heavy atom. The van der Waals surface area contributed by atoms with Crippen molar-refractivity contribution in [2.24, 2.45) is 5.84 Å². The molecule has 1 aromatic rings. The molecule has 5 heteroatoms. The number of nitrogens with one attached hydrogen (secondary N) is 2. The zero-order valence-corrected chi connectivity index (χ0v) is 7.32. The predicted molar refractivity (Wildman–Crippen MR) is 51.6 cm³/mol. The first kappa shape index (κ1) is 9.50. The molecule has 4 N–H and O–H groups in total. The van der Waals surface area contributed by atoms with E-state index >= 15 is 0 Å². The lowest BCUT2D eigenvalue weighted by Crippen LogP contribution is -2.41. The van der Waals surface area contributed by atoms with Gasteiger partial charge in [-0.25, -0.2) is 0 Å². The van der Waals surface area contributed by atoms with E-state index in [-0.39, 0.29) is 0 Å². The summed E-state index contributed by atoms with van der Waals surface area (Å²) in [6, 6.07) is 7.18. The van der Waals surface area contributed by atoms with Gasteiger partial charge in [0.05, 0.1) is 12.8 Å². The van der Waals surface area contributed by atoms with E-state index in [9.17, 15) is 0 Å². The summed E-state index contributed by atoms with van der Waals surface area (Å²) in [6.07, 6.45) is 1.09. The van der Waals surface area contributed by atoms with Gasteiger partial charge < -0.3 is 4.74 Å². The average Bonchev–Trinajstić information content (AvgIpc) is 2.21. The highest BCUT2D eigenvalue weighted by atomic mass is 16.5. The average molecular weight is 180 g/mol. The first-order valence-electron chi connectivity index (χ1n) is 3.72. The molecule has 0 aliphatic rings. The van der Waals surface area contributed by atoms with Crippen LogP contribution in [-0.2, 0) is 0 Å². The highest BCUT2D eigenvalue weighted by Crippen LogP contribution is 2.16. The third kappa shape index (κ3) is 2.17. The summed E-state index contributed by atoms with van der Waals surface area (Å²) in [5.74, 6) is 5.95. The van der Waals surface area contributed by atoms with E-state index in [1.807, 2.05) is 0 Å². The summed E-state index contributed by atoms with van der Waals surface area (Å²) in [5, 5.41) is 8.40. The number of methoxy groups -OCH3 is 1. The van der Waals surface area contributed by atoms with Crippen molar-refractivity contribution >= 4 is 12.0 Å². The molecule has 0 amide bonds. The fourth-order valence-electron chi connectivity index (χ4n) is 0.929. The number of nitrogens with zero attached hydrogens (tertiary/aromatic N) is 1. The molecule has 1 rings (SSSR count). The molecule has 0 bridgehead atoms. The molecule has 13 heavy (non-hydrogen) atoms. The third-order valence-electron chi connectivity index (χ3n) is 1.62. The lowest BCUT2D eigenvalue weighted by molar-refractivity contribution is 0.415. The highest BCUT2D eigenvalue weighted by Gasteiger charge is 1.99. The van der Waals surface area contributed by atoms with Crippen LogP contribution in [0.3, 0.4) is 0 Å². The second-order valence-electron chi connectivity index (χ2n) is 2.33. The van der Waals surface area contributed by atoms with E-state index in [1.165, 1.54) is 5.01 Å². The minimum Gasteiger partial charge on any atom is -0.497 e. The van der Waals surface area contributed by atoms with Crippen LogP contribution in [0.25, 0.3) is 0 Å². The maximum atomic E-state index is 7.02. The second kappa shape index (κ2) is 4.44. The van der Waals surface area contributed by atoms with Gasteiger partial charge in [-0.15, -0.1) is 0 Å². The summed E-state index contributed by atoms with van der Waals surface area (Å²) in [7, 11) is 1.60. The molecule has 0 saturated heterocycles. The van der Waals surface area contributed by atoms with Gasteiger partial charge in [-0.05, 0) is 24.3 Å². The number of rotatable bonds is 4. The SMILES string of the molecule is COc1ccc(N(C=N)NN)cc1. The van der Waals surface area contributed by atoms with Crippen molar-refractivity contribution in [3.63, 3.8) is 0 Å². The van der Waals surface area contributed by atoms with E-state index in [2.05, 4.69) is 5.53 Å². The monoisotopic (exact) mass is 180 g/mol. The van der Waals surface area contributed by atoms with Crippen LogP contribution in [0, 0.1) is 5.41 Å². The third-order valence-corrected chi connectivity index (χ3v) is 1.62. The zero-order chi connectivity index (χ0) is 9.68. The van der Waals surface area contributed by atoms with Gasteiger partial charge in [-0.1, -0.05) is 0 Å². The summed E-state index contributed by atoms with van der Waals surface area (Å²) >= 11 is 0. The smallest absolute Gasteiger partial charge is 0.119 e. The Morgan fingerprint density at radius 1 is 1.46 bits per heavy atom. The van der Waals surface area contributed by atoms with Crippen LogP contribution in [0.2, 0.25) is 0 Å². The number of ether oxygens (including phenoxy) is 1. The van der Waals surface area contributed by atoms with Crippen molar-refractivity contribution in [3.05, 3.63) is 24.3 Å². The van der Waals surface area contributed by atoms with Crippen molar-refractivity contribution in [1.82, 2.24) is 5.53 Å². The summed E-state index contributed by atoms with van der Waals surface area (Å²) in [5.41, 5.74) is 3.13. The van der Waals surface area contributed by atoms with Gasteiger partial charge in [-0.3, -0.25) is 16.3 Å². The van der Waals surface area contributed by atoms with E-state index < -0.39 is 0 Å². The molecular formula is C8H12N4O. The van der Waals surface area contributed by atoms with Crippen LogP contribution in [0.5, 0.6) is 5.75 Å². The van der Waals surface area contributed by atoms with Crippen LogP contribution in [0.15, 0.2) is 24.3 Å². The minimum absolute atomic E-state index is 0.769. The van der Waals surface area contributed by atoms with Gasteiger partial charge in [0.2, 0.25) is 0 Å². The predicted octanol–water partition coefficient (Wildman–Crippen LogP) is 0.487. The maximum Gasteiger partial charge on any atom is 0.119 e. The molecule has 0 fully saturated rings. The topological polar surface area (TPSA) is 74.4 Å². The Bertz CT molecular complexity index is 272. The van der Waals surface area contributed by atoms with Gasteiger partial charge in [-0.2, -0.15) is 5.53 Å². The van der Waals surface area contributed by atoms with Crippen LogP contribution in [0.4, 0.5) is 5.69 Å². The second-order valence-corrected chi connectivity index (χ2v) is 2.33. The molecule has 0 heterocycles. The fraction of sp³-hybridized carbons (Fsp3) is 0.125. The molecule has 0 atom stereocenters. The van der Waals surface area contributed by atoms with E-state index in [0.29, 0.717) is 0 Å². The van der Waals surface area contributed by atoms with Crippen LogP contribution in [-0.4, -0.2) is 13.4 Å². The molecule has 0 aromatic heterocycles. The zero-order valence-electron chi connectivity index (χ0n) is 7.32.